The van der Waals surface area contributed by atoms with E-state index in [-0.39, 0.29) is 58.5 Å². The number of amides is 1. The van der Waals surface area contributed by atoms with Gasteiger partial charge in [0.1, 0.15) is 35.0 Å². The number of rotatable bonds is 9. The van der Waals surface area contributed by atoms with Crippen LogP contribution in [0.2, 0.25) is 0 Å². The molecule has 1 amide bonds. The molecule has 0 saturated carbocycles. The standard InChI is InChI=1S/C33H27F2N3O7S/c1-36-32(40)29-22-16-21(25(38(2)46(3,41)42)17-28(22)44-31(29)18-7-10-20(34)11-8-18)19-9-12-26(43-14-13-39)23(15-19)33-37-30-24(35)5-4-6-27(30)45-33/h4-12,15-17,39H,13-14H2,1-3H3,(H,36,40). The average Bonchev–Trinajstić information content (AvgIpc) is 3.65. The quantitative estimate of drug-likeness (QED) is 0.196. The van der Waals surface area contributed by atoms with Gasteiger partial charge in [-0.15, -0.1) is 0 Å². The summed E-state index contributed by atoms with van der Waals surface area (Å²) in [7, 11) is -0.952. The van der Waals surface area contributed by atoms with Crippen LogP contribution in [0.5, 0.6) is 5.75 Å². The number of sulfonamides is 1. The van der Waals surface area contributed by atoms with Crippen LogP contribution in [0.15, 0.2) is 81.6 Å². The topological polar surface area (TPSA) is 135 Å². The van der Waals surface area contributed by atoms with Gasteiger partial charge in [-0.2, -0.15) is 0 Å². The summed E-state index contributed by atoms with van der Waals surface area (Å²) in [6.45, 7) is -0.325. The molecule has 2 N–H and O–H groups in total. The highest BCUT2D eigenvalue weighted by atomic mass is 32.2. The highest BCUT2D eigenvalue weighted by Crippen LogP contribution is 2.43. The van der Waals surface area contributed by atoms with Gasteiger partial charge in [-0.25, -0.2) is 22.2 Å². The summed E-state index contributed by atoms with van der Waals surface area (Å²) in [5.41, 5.74) is 2.40. The molecule has 10 nitrogen and oxygen atoms in total. The Labute approximate surface area is 261 Å². The van der Waals surface area contributed by atoms with E-state index in [9.17, 15) is 27.1 Å². The summed E-state index contributed by atoms with van der Waals surface area (Å²) in [4.78, 5) is 17.6. The summed E-state index contributed by atoms with van der Waals surface area (Å²) in [5.74, 6) is -1.05. The summed E-state index contributed by atoms with van der Waals surface area (Å²) < 4.78 is 72.7. The lowest BCUT2D eigenvalue weighted by molar-refractivity contribution is 0.0964. The summed E-state index contributed by atoms with van der Waals surface area (Å²) in [5, 5.41) is 12.4. The second-order valence-corrected chi connectivity index (χ2v) is 12.4. The Morgan fingerprint density at radius 1 is 0.978 bits per heavy atom. The highest BCUT2D eigenvalue weighted by Gasteiger charge is 2.27. The first-order valence-electron chi connectivity index (χ1n) is 14.0. The number of aromatic nitrogens is 1. The Balaban J connectivity index is 1.63. The SMILES string of the molecule is CNC(=O)c1c(-c2ccc(F)cc2)oc2cc(N(C)S(C)(=O)=O)c(-c3ccc(OCCO)c(-c4nc5c(F)cccc5o4)c3)cc12. The van der Waals surface area contributed by atoms with Crippen molar-refractivity contribution >= 4 is 43.7 Å². The normalized spacial score (nSPS) is 11.7. The van der Waals surface area contributed by atoms with Gasteiger partial charge in [0.25, 0.3) is 5.91 Å². The zero-order chi connectivity index (χ0) is 32.7. The number of ether oxygens (including phenoxy) is 1. The monoisotopic (exact) mass is 647 g/mol. The van der Waals surface area contributed by atoms with Crippen LogP contribution >= 0.6 is 0 Å². The average molecular weight is 648 g/mol. The van der Waals surface area contributed by atoms with Crippen molar-refractivity contribution in [3.63, 3.8) is 0 Å². The van der Waals surface area contributed by atoms with Crippen LogP contribution in [0.25, 0.3) is 56.0 Å². The molecule has 0 unspecified atom stereocenters. The molecule has 0 saturated heterocycles. The zero-order valence-corrected chi connectivity index (χ0v) is 25.6. The number of hydrogen-bond acceptors (Lipinski definition) is 8. The molecule has 0 bridgehead atoms. The van der Waals surface area contributed by atoms with E-state index in [1.54, 1.807) is 30.3 Å². The molecule has 0 spiro atoms. The van der Waals surface area contributed by atoms with Crippen LogP contribution in [-0.4, -0.2) is 58.0 Å². The minimum absolute atomic E-state index is 0.0110. The lowest BCUT2D eigenvalue weighted by Gasteiger charge is -2.21. The predicted molar refractivity (Wildman–Crippen MR) is 169 cm³/mol. The van der Waals surface area contributed by atoms with E-state index in [0.717, 1.165) is 10.6 Å². The molecule has 13 heteroatoms. The lowest BCUT2D eigenvalue weighted by Crippen LogP contribution is -2.25. The molecular weight excluding hydrogens is 620 g/mol. The van der Waals surface area contributed by atoms with Crippen molar-refractivity contribution in [2.45, 2.75) is 0 Å². The van der Waals surface area contributed by atoms with Crippen molar-refractivity contribution in [3.8, 4) is 39.7 Å². The third-order valence-electron chi connectivity index (χ3n) is 7.44. The predicted octanol–water partition coefficient (Wildman–Crippen LogP) is 5.98. The summed E-state index contributed by atoms with van der Waals surface area (Å²) in [6.07, 6.45) is 1.05. The Kier molecular flexibility index (Phi) is 7.96. The fourth-order valence-corrected chi connectivity index (χ4v) is 5.64. The molecule has 0 radical (unpaired) electrons. The number of hydrogen-bond donors (Lipinski definition) is 2. The lowest BCUT2D eigenvalue weighted by atomic mass is 9.97. The number of benzene rings is 4. The minimum atomic E-state index is -3.80. The number of anilines is 1. The van der Waals surface area contributed by atoms with E-state index in [1.807, 2.05) is 0 Å². The van der Waals surface area contributed by atoms with Crippen molar-refractivity contribution < 1.29 is 40.7 Å². The Morgan fingerprint density at radius 3 is 2.39 bits per heavy atom. The van der Waals surface area contributed by atoms with Crippen LogP contribution in [0.1, 0.15) is 10.4 Å². The highest BCUT2D eigenvalue weighted by molar-refractivity contribution is 7.92. The third kappa shape index (κ3) is 5.54. The molecule has 6 aromatic rings. The first-order valence-corrected chi connectivity index (χ1v) is 15.8. The van der Waals surface area contributed by atoms with Crippen LogP contribution in [0.3, 0.4) is 0 Å². The number of carbonyl (C=O) groups excluding carboxylic acids is 1. The number of furan rings is 1. The van der Waals surface area contributed by atoms with Gasteiger partial charge in [-0.1, -0.05) is 12.1 Å². The molecule has 0 fully saturated rings. The molecule has 0 atom stereocenters. The number of halogens is 2. The van der Waals surface area contributed by atoms with E-state index in [2.05, 4.69) is 10.3 Å². The summed E-state index contributed by atoms with van der Waals surface area (Å²) >= 11 is 0. The third-order valence-corrected chi connectivity index (χ3v) is 8.63. The maximum Gasteiger partial charge on any atom is 0.255 e. The molecule has 46 heavy (non-hydrogen) atoms. The number of nitrogens with zero attached hydrogens (tertiary/aromatic N) is 2. The van der Waals surface area contributed by atoms with Gasteiger partial charge in [0.15, 0.2) is 11.4 Å². The fourth-order valence-electron chi connectivity index (χ4n) is 5.13. The second kappa shape index (κ2) is 11.9. The van der Waals surface area contributed by atoms with Gasteiger partial charge in [-0.05, 0) is 60.2 Å². The minimum Gasteiger partial charge on any atom is -0.490 e. The van der Waals surface area contributed by atoms with Crippen molar-refractivity contribution in [2.75, 3.05) is 37.9 Å². The van der Waals surface area contributed by atoms with E-state index >= 15 is 0 Å². The van der Waals surface area contributed by atoms with Crippen molar-refractivity contribution in [1.82, 2.24) is 10.3 Å². The number of para-hydroxylation sites is 1. The van der Waals surface area contributed by atoms with Gasteiger partial charge in [0.2, 0.25) is 15.9 Å². The maximum atomic E-state index is 14.5. The molecule has 0 aliphatic heterocycles. The van der Waals surface area contributed by atoms with Gasteiger partial charge < -0.3 is 24.0 Å². The maximum absolute atomic E-state index is 14.5. The first-order chi connectivity index (χ1) is 22.0. The number of carbonyl (C=O) groups is 1. The Hall–Kier alpha value is -5.27. The van der Waals surface area contributed by atoms with Gasteiger partial charge in [-0.3, -0.25) is 9.10 Å². The molecular formula is C33H27F2N3O7S. The van der Waals surface area contributed by atoms with Crippen LogP contribution in [0.4, 0.5) is 14.5 Å². The van der Waals surface area contributed by atoms with Crippen molar-refractivity contribution in [2.24, 2.45) is 0 Å². The van der Waals surface area contributed by atoms with Gasteiger partial charge in [0, 0.05) is 36.7 Å². The molecule has 2 heterocycles. The molecule has 236 valence electrons. The van der Waals surface area contributed by atoms with E-state index in [0.29, 0.717) is 27.6 Å². The Morgan fingerprint density at radius 2 is 1.72 bits per heavy atom. The van der Waals surface area contributed by atoms with E-state index < -0.39 is 27.6 Å². The van der Waals surface area contributed by atoms with Crippen LogP contribution in [0, 0.1) is 11.6 Å². The number of fused-ring (bicyclic) bond motifs is 2. The van der Waals surface area contributed by atoms with E-state index in [4.69, 9.17) is 13.6 Å². The number of aliphatic hydroxyl groups excluding tert-OH is 1. The van der Waals surface area contributed by atoms with Crippen molar-refractivity contribution in [1.29, 1.82) is 0 Å². The van der Waals surface area contributed by atoms with Crippen LogP contribution < -0.4 is 14.4 Å². The second-order valence-electron chi connectivity index (χ2n) is 10.4. The van der Waals surface area contributed by atoms with Crippen LogP contribution in [-0.2, 0) is 10.0 Å². The largest absolute Gasteiger partial charge is 0.490 e. The number of nitrogens with one attached hydrogen (secondary N) is 1. The molecule has 4 aromatic carbocycles. The van der Waals surface area contributed by atoms with Gasteiger partial charge >= 0.3 is 0 Å². The van der Waals surface area contributed by atoms with Crippen molar-refractivity contribution in [3.05, 3.63) is 90.0 Å². The zero-order valence-electron chi connectivity index (χ0n) is 24.8. The fraction of sp³-hybridized carbons (Fsp3) is 0.152. The molecule has 0 aliphatic rings. The van der Waals surface area contributed by atoms with E-state index in [1.165, 1.54) is 56.6 Å². The number of oxazole rings is 1. The molecule has 2 aromatic heterocycles. The number of aliphatic hydroxyl groups is 1. The molecule has 0 aliphatic carbocycles. The molecule has 6 rings (SSSR count). The summed E-state index contributed by atoms with van der Waals surface area (Å²) in [6, 6.07) is 17.8. The first kappa shape index (κ1) is 30.7. The smallest absolute Gasteiger partial charge is 0.255 e. The Bertz CT molecular complexity index is 2230. The van der Waals surface area contributed by atoms with Gasteiger partial charge in [0.05, 0.1) is 29.7 Å².